The zero-order valence-corrected chi connectivity index (χ0v) is 14.6. The number of aromatic nitrogens is 3. The number of rotatable bonds is 8. The van der Waals surface area contributed by atoms with Crippen LogP contribution in [-0.2, 0) is 11.2 Å². The molecule has 3 rings (SSSR count). The monoisotopic (exact) mass is 342 g/mol. The molecule has 6 heteroatoms. The summed E-state index contributed by atoms with van der Waals surface area (Å²) in [6.07, 6.45) is 7.48. The van der Waals surface area contributed by atoms with Crippen LogP contribution in [0, 0.1) is 0 Å². The van der Waals surface area contributed by atoms with Crippen molar-refractivity contribution in [2.24, 2.45) is 0 Å². The number of benzene rings is 1. The quantitative estimate of drug-likeness (QED) is 0.661. The third-order valence-electron chi connectivity index (χ3n) is 3.98. The fourth-order valence-corrected chi connectivity index (χ4v) is 3.21. The van der Waals surface area contributed by atoms with Crippen LogP contribution in [0.15, 0.2) is 48.8 Å². The Labute approximate surface area is 145 Å². The molecule has 3 aromatic rings. The van der Waals surface area contributed by atoms with Crippen molar-refractivity contribution in [1.29, 1.82) is 0 Å². The predicted octanol–water partition coefficient (Wildman–Crippen LogP) is 3.02. The van der Waals surface area contributed by atoms with E-state index in [2.05, 4.69) is 21.5 Å². The maximum Gasteiger partial charge on any atom is 0.243 e. The first-order valence-electron chi connectivity index (χ1n) is 8.10. The molecule has 0 aliphatic rings. The molecular weight excluding hydrogens is 320 g/mol. The number of aromatic amines is 1. The molecule has 0 aliphatic heterocycles. The van der Waals surface area contributed by atoms with E-state index in [0.29, 0.717) is 13.0 Å². The number of para-hydroxylation sites is 2. The Bertz CT molecular complexity index is 748. The highest BCUT2D eigenvalue weighted by atomic mass is 32.2. The molecule has 0 saturated carbocycles. The van der Waals surface area contributed by atoms with E-state index in [1.165, 1.54) is 0 Å². The molecule has 0 fully saturated rings. The fourth-order valence-electron chi connectivity index (χ4n) is 2.75. The van der Waals surface area contributed by atoms with Crippen LogP contribution in [0.1, 0.15) is 18.3 Å². The van der Waals surface area contributed by atoms with E-state index in [0.717, 1.165) is 29.0 Å². The molecule has 2 heterocycles. The summed E-state index contributed by atoms with van der Waals surface area (Å²) in [5.74, 6) is 1.93. The van der Waals surface area contributed by atoms with E-state index < -0.39 is 0 Å². The third kappa shape index (κ3) is 4.00. The van der Waals surface area contributed by atoms with Gasteiger partial charge in [-0.2, -0.15) is 11.8 Å². The highest BCUT2D eigenvalue weighted by Crippen LogP contribution is 2.15. The van der Waals surface area contributed by atoms with Crippen LogP contribution in [0.2, 0.25) is 0 Å². The number of carbonyl (C=O) groups is 1. The van der Waals surface area contributed by atoms with Crippen LogP contribution in [-0.4, -0.2) is 39.0 Å². The summed E-state index contributed by atoms with van der Waals surface area (Å²) in [5.41, 5.74) is 1.99. The number of nitrogens with one attached hydrogen (secondary N) is 2. The number of thioether (sulfide) groups is 1. The number of nitrogens with zero attached hydrogens (tertiary/aromatic N) is 2. The van der Waals surface area contributed by atoms with E-state index >= 15 is 0 Å². The second kappa shape index (κ2) is 8.06. The second-order valence-corrected chi connectivity index (χ2v) is 6.65. The van der Waals surface area contributed by atoms with Crippen molar-refractivity contribution in [2.75, 3.05) is 18.6 Å². The Hall–Kier alpha value is -2.21. The minimum absolute atomic E-state index is 0.0661. The first-order valence-corrected chi connectivity index (χ1v) is 9.50. The average Bonchev–Trinajstić information content (AvgIpc) is 3.24. The minimum atomic E-state index is -0.150. The van der Waals surface area contributed by atoms with Gasteiger partial charge in [-0.1, -0.05) is 12.1 Å². The molecule has 24 heavy (non-hydrogen) atoms. The van der Waals surface area contributed by atoms with Gasteiger partial charge in [0.15, 0.2) is 0 Å². The summed E-state index contributed by atoms with van der Waals surface area (Å²) < 4.78 is 1.98. The number of H-pyrrole nitrogens is 1. The van der Waals surface area contributed by atoms with Gasteiger partial charge in [0.25, 0.3) is 0 Å². The van der Waals surface area contributed by atoms with E-state index in [1.807, 2.05) is 53.4 Å². The van der Waals surface area contributed by atoms with Crippen molar-refractivity contribution in [3.63, 3.8) is 0 Å². The summed E-state index contributed by atoms with van der Waals surface area (Å²) in [6, 6.07) is 11.7. The molecule has 1 aromatic carbocycles. The molecule has 1 atom stereocenters. The molecule has 0 saturated heterocycles. The van der Waals surface area contributed by atoms with E-state index in [4.69, 9.17) is 0 Å². The maximum absolute atomic E-state index is 12.5. The molecule has 0 spiro atoms. The zero-order valence-electron chi connectivity index (χ0n) is 13.7. The van der Waals surface area contributed by atoms with E-state index in [1.54, 1.807) is 11.8 Å². The van der Waals surface area contributed by atoms with Gasteiger partial charge in [-0.3, -0.25) is 4.79 Å². The van der Waals surface area contributed by atoms with Crippen molar-refractivity contribution < 1.29 is 4.79 Å². The predicted molar refractivity (Wildman–Crippen MR) is 99.3 cm³/mol. The standard InChI is InChI=1S/C18H22N4OS/c1-24-13-9-16(22-11-4-5-12-22)18(23)19-10-8-17-20-14-6-2-3-7-15(14)21-17/h2-7,11-12,16H,8-10,13H2,1H3,(H,19,23)(H,20,21)/t16-/m0/s1. The lowest BCUT2D eigenvalue weighted by Crippen LogP contribution is -2.34. The van der Waals surface area contributed by atoms with Crippen LogP contribution in [0.3, 0.4) is 0 Å². The van der Waals surface area contributed by atoms with Crippen LogP contribution >= 0.6 is 11.8 Å². The van der Waals surface area contributed by atoms with Crippen molar-refractivity contribution in [2.45, 2.75) is 18.9 Å². The Kier molecular flexibility index (Phi) is 5.59. The van der Waals surface area contributed by atoms with Crippen molar-refractivity contribution in [3.8, 4) is 0 Å². The highest BCUT2D eigenvalue weighted by molar-refractivity contribution is 7.98. The van der Waals surface area contributed by atoms with Gasteiger partial charge in [-0.05, 0) is 42.7 Å². The van der Waals surface area contributed by atoms with Crippen molar-refractivity contribution >= 4 is 28.7 Å². The Morgan fingerprint density at radius 1 is 1.29 bits per heavy atom. The zero-order chi connectivity index (χ0) is 16.8. The molecule has 2 N–H and O–H groups in total. The molecule has 0 aliphatic carbocycles. The van der Waals surface area contributed by atoms with Gasteiger partial charge in [0.2, 0.25) is 5.91 Å². The van der Waals surface area contributed by atoms with Gasteiger partial charge >= 0.3 is 0 Å². The molecule has 0 radical (unpaired) electrons. The van der Waals surface area contributed by atoms with Crippen LogP contribution in [0.25, 0.3) is 11.0 Å². The van der Waals surface area contributed by atoms with Crippen LogP contribution < -0.4 is 5.32 Å². The number of hydrogen-bond acceptors (Lipinski definition) is 3. The molecule has 2 aromatic heterocycles. The number of carbonyl (C=O) groups excluding carboxylic acids is 1. The molecule has 126 valence electrons. The summed E-state index contributed by atoms with van der Waals surface area (Å²) in [5, 5.41) is 3.04. The van der Waals surface area contributed by atoms with Gasteiger partial charge in [-0.15, -0.1) is 0 Å². The number of hydrogen-bond donors (Lipinski definition) is 2. The van der Waals surface area contributed by atoms with Gasteiger partial charge < -0.3 is 14.9 Å². The molecule has 0 unspecified atom stereocenters. The van der Waals surface area contributed by atoms with Gasteiger partial charge in [-0.25, -0.2) is 4.98 Å². The van der Waals surface area contributed by atoms with Gasteiger partial charge in [0, 0.05) is 25.4 Å². The number of fused-ring (bicyclic) bond motifs is 1. The molecule has 1 amide bonds. The van der Waals surface area contributed by atoms with Crippen LogP contribution in [0.4, 0.5) is 0 Å². The fraction of sp³-hybridized carbons (Fsp3) is 0.333. The summed E-state index contributed by atoms with van der Waals surface area (Å²) in [6.45, 7) is 0.579. The first-order chi connectivity index (χ1) is 11.8. The Morgan fingerprint density at radius 2 is 2.08 bits per heavy atom. The van der Waals surface area contributed by atoms with E-state index in [-0.39, 0.29) is 11.9 Å². The second-order valence-electron chi connectivity index (χ2n) is 5.67. The number of imidazole rings is 1. The minimum Gasteiger partial charge on any atom is -0.354 e. The lowest BCUT2D eigenvalue weighted by Gasteiger charge is -2.18. The van der Waals surface area contributed by atoms with E-state index in [9.17, 15) is 4.79 Å². The smallest absolute Gasteiger partial charge is 0.243 e. The Balaban J connectivity index is 1.56. The molecule has 5 nitrogen and oxygen atoms in total. The lowest BCUT2D eigenvalue weighted by molar-refractivity contribution is -0.124. The largest absolute Gasteiger partial charge is 0.354 e. The molecule has 0 bridgehead atoms. The average molecular weight is 342 g/mol. The first kappa shape index (κ1) is 16.6. The van der Waals surface area contributed by atoms with Gasteiger partial charge in [0.1, 0.15) is 11.9 Å². The highest BCUT2D eigenvalue weighted by Gasteiger charge is 2.18. The van der Waals surface area contributed by atoms with Crippen LogP contribution in [0.5, 0.6) is 0 Å². The Morgan fingerprint density at radius 3 is 2.83 bits per heavy atom. The normalized spacial score (nSPS) is 12.4. The van der Waals surface area contributed by atoms with Crippen molar-refractivity contribution in [1.82, 2.24) is 19.9 Å². The summed E-state index contributed by atoms with van der Waals surface area (Å²) >= 11 is 1.76. The third-order valence-corrected chi connectivity index (χ3v) is 4.63. The number of amides is 1. The molecular formula is C18H22N4OS. The van der Waals surface area contributed by atoms with Gasteiger partial charge in [0.05, 0.1) is 11.0 Å². The maximum atomic E-state index is 12.5. The summed E-state index contributed by atoms with van der Waals surface area (Å²) in [7, 11) is 0. The topological polar surface area (TPSA) is 62.7 Å². The SMILES string of the molecule is CSCC[C@@H](C(=O)NCCc1nc2ccccc2[nH]1)n1cccc1. The van der Waals surface area contributed by atoms with Crippen molar-refractivity contribution in [3.05, 3.63) is 54.6 Å². The summed E-state index contributed by atoms with van der Waals surface area (Å²) in [4.78, 5) is 20.4. The lowest BCUT2D eigenvalue weighted by atomic mass is 10.2.